The van der Waals surface area contributed by atoms with Crippen molar-refractivity contribution in [2.24, 2.45) is 0 Å². The maximum absolute atomic E-state index is 12.5. The fraction of sp³-hybridized carbons (Fsp3) is 0.167. The average Bonchev–Trinajstić information content (AvgIpc) is 2.53. The summed E-state index contributed by atoms with van der Waals surface area (Å²) in [5.74, 6) is 0. The van der Waals surface area contributed by atoms with E-state index in [9.17, 15) is 4.79 Å². The smallest absolute Gasteiger partial charge is 0.297 e. The van der Waals surface area contributed by atoms with Gasteiger partial charge in [-0.3, -0.25) is 9.80 Å². The van der Waals surface area contributed by atoms with Crippen molar-refractivity contribution in [3.8, 4) is 0 Å². The second-order valence-corrected chi connectivity index (χ2v) is 5.05. The number of carbonyl (C=O) groups is 1. The van der Waals surface area contributed by atoms with Crippen molar-refractivity contribution in [1.29, 1.82) is 0 Å². The zero-order valence-corrected chi connectivity index (χ0v) is 12.7. The van der Waals surface area contributed by atoms with E-state index in [1.807, 2.05) is 61.5 Å². The minimum atomic E-state index is -0.119. The lowest BCUT2D eigenvalue weighted by Gasteiger charge is -2.26. The summed E-state index contributed by atoms with van der Waals surface area (Å²) in [6, 6.07) is 17.4. The van der Waals surface area contributed by atoms with Gasteiger partial charge in [0.15, 0.2) is 0 Å². The predicted molar refractivity (Wildman–Crippen MR) is 88.2 cm³/mol. The van der Waals surface area contributed by atoms with Gasteiger partial charge in [-0.05, 0) is 24.6 Å². The number of rotatable bonds is 3. The molecule has 21 heavy (non-hydrogen) atoms. The topological polar surface area (TPSA) is 23.6 Å². The number of para-hydroxylation sites is 1. The van der Waals surface area contributed by atoms with Crippen LogP contribution in [0.5, 0.6) is 0 Å². The molecule has 0 atom stereocenters. The normalized spacial score (nSPS) is 10.0. The van der Waals surface area contributed by atoms with Crippen LogP contribution in [0.25, 0.3) is 5.70 Å². The third-order valence-corrected chi connectivity index (χ3v) is 3.51. The zero-order valence-electron chi connectivity index (χ0n) is 12.7. The molecule has 2 amide bonds. The molecule has 0 radical (unpaired) electrons. The third kappa shape index (κ3) is 3.31. The summed E-state index contributed by atoms with van der Waals surface area (Å²) in [4.78, 5) is 15.7. The molecule has 0 N–H and O–H groups in total. The van der Waals surface area contributed by atoms with Gasteiger partial charge in [-0.1, -0.05) is 54.6 Å². The Bertz CT molecular complexity index is 632. The Morgan fingerprint density at radius 3 is 2.10 bits per heavy atom. The molecule has 0 aliphatic heterocycles. The average molecular weight is 280 g/mol. The molecule has 0 aromatic heterocycles. The van der Waals surface area contributed by atoms with Gasteiger partial charge >= 0.3 is 6.03 Å². The van der Waals surface area contributed by atoms with Crippen LogP contribution < -0.4 is 4.90 Å². The second kappa shape index (κ2) is 6.27. The molecule has 2 aromatic rings. The Morgan fingerprint density at radius 2 is 1.52 bits per heavy atom. The number of urea groups is 1. The highest BCUT2D eigenvalue weighted by Gasteiger charge is 2.18. The van der Waals surface area contributed by atoms with E-state index < -0.39 is 0 Å². The van der Waals surface area contributed by atoms with E-state index in [0.29, 0.717) is 5.70 Å². The summed E-state index contributed by atoms with van der Waals surface area (Å²) in [5, 5.41) is 0. The molecule has 2 aromatic carbocycles. The molecule has 2 rings (SSSR count). The number of hydrogen-bond acceptors (Lipinski definition) is 1. The summed E-state index contributed by atoms with van der Waals surface area (Å²) in [7, 11) is 3.50. The van der Waals surface area contributed by atoms with Crippen molar-refractivity contribution in [2.75, 3.05) is 19.0 Å². The molecule has 0 spiro atoms. The number of aryl methyl sites for hydroxylation is 1. The Labute approximate surface area is 126 Å². The van der Waals surface area contributed by atoms with E-state index >= 15 is 0 Å². The molecule has 0 heterocycles. The molecule has 0 fully saturated rings. The van der Waals surface area contributed by atoms with Gasteiger partial charge in [0.25, 0.3) is 0 Å². The van der Waals surface area contributed by atoms with E-state index in [0.717, 1.165) is 11.3 Å². The van der Waals surface area contributed by atoms with Crippen LogP contribution in [-0.2, 0) is 0 Å². The lowest BCUT2D eigenvalue weighted by molar-refractivity contribution is 0.232. The number of hydrogen-bond donors (Lipinski definition) is 0. The van der Waals surface area contributed by atoms with Gasteiger partial charge in [0.1, 0.15) is 0 Å². The summed E-state index contributed by atoms with van der Waals surface area (Å²) in [6.07, 6.45) is 0. The first kappa shape index (κ1) is 14.9. The highest BCUT2D eigenvalue weighted by atomic mass is 16.2. The maximum Gasteiger partial charge on any atom is 0.328 e. The number of amides is 2. The quantitative estimate of drug-likeness (QED) is 0.828. The lowest BCUT2D eigenvalue weighted by atomic mass is 10.1. The first-order valence-corrected chi connectivity index (χ1v) is 6.83. The third-order valence-electron chi connectivity index (χ3n) is 3.51. The van der Waals surface area contributed by atoms with E-state index in [1.54, 1.807) is 23.9 Å². The van der Waals surface area contributed by atoms with Crippen molar-refractivity contribution in [3.05, 3.63) is 72.3 Å². The van der Waals surface area contributed by atoms with Gasteiger partial charge in [0, 0.05) is 25.5 Å². The van der Waals surface area contributed by atoms with Crippen LogP contribution in [0.15, 0.2) is 61.2 Å². The zero-order chi connectivity index (χ0) is 15.4. The van der Waals surface area contributed by atoms with Crippen LogP contribution in [-0.4, -0.2) is 25.0 Å². The van der Waals surface area contributed by atoms with E-state index in [2.05, 4.69) is 6.58 Å². The maximum atomic E-state index is 12.5. The standard InChI is InChI=1S/C18H20N2O/c1-14-10-12-16(13-11-14)15(2)19(3)18(21)20(4)17-8-6-5-7-9-17/h5-13H,2H2,1,3-4H3. The van der Waals surface area contributed by atoms with E-state index in [-0.39, 0.29) is 6.03 Å². The van der Waals surface area contributed by atoms with Crippen molar-refractivity contribution < 1.29 is 4.79 Å². The van der Waals surface area contributed by atoms with Crippen molar-refractivity contribution >= 4 is 17.4 Å². The van der Waals surface area contributed by atoms with Gasteiger partial charge in [-0.2, -0.15) is 0 Å². The minimum absolute atomic E-state index is 0.119. The molecule has 108 valence electrons. The summed E-state index contributed by atoms with van der Waals surface area (Å²) < 4.78 is 0. The summed E-state index contributed by atoms with van der Waals surface area (Å²) >= 11 is 0. The summed E-state index contributed by atoms with van der Waals surface area (Å²) in [6.45, 7) is 6.06. The SMILES string of the molecule is C=C(c1ccc(C)cc1)N(C)C(=O)N(C)c1ccccc1. The number of carbonyl (C=O) groups excluding carboxylic acids is 1. The number of benzene rings is 2. The molecule has 0 unspecified atom stereocenters. The van der Waals surface area contributed by atoms with Gasteiger partial charge in [0.2, 0.25) is 0 Å². The molecule has 0 bridgehead atoms. The Kier molecular flexibility index (Phi) is 4.43. The summed E-state index contributed by atoms with van der Waals surface area (Å²) in [5.41, 5.74) is 3.66. The highest BCUT2D eigenvalue weighted by molar-refractivity contribution is 5.96. The lowest BCUT2D eigenvalue weighted by Crippen LogP contribution is -2.37. The fourth-order valence-corrected chi connectivity index (χ4v) is 2.04. The Morgan fingerprint density at radius 1 is 0.952 bits per heavy atom. The molecule has 0 aliphatic rings. The van der Waals surface area contributed by atoms with Crippen LogP contribution in [0.1, 0.15) is 11.1 Å². The van der Waals surface area contributed by atoms with Gasteiger partial charge in [-0.15, -0.1) is 0 Å². The molecular weight excluding hydrogens is 260 g/mol. The largest absolute Gasteiger partial charge is 0.328 e. The van der Waals surface area contributed by atoms with Crippen molar-refractivity contribution in [3.63, 3.8) is 0 Å². The van der Waals surface area contributed by atoms with Crippen LogP contribution in [0.2, 0.25) is 0 Å². The van der Waals surface area contributed by atoms with E-state index in [1.165, 1.54) is 5.56 Å². The number of nitrogens with zero attached hydrogens (tertiary/aromatic N) is 2. The molecule has 0 saturated heterocycles. The predicted octanol–water partition coefficient (Wildman–Crippen LogP) is 4.15. The van der Waals surface area contributed by atoms with Crippen molar-refractivity contribution in [2.45, 2.75) is 6.92 Å². The van der Waals surface area contributed by atoms with Crippen LogP contribution >= 0.6 is 0 Å². The molecular formula is C18H20N2O. The molecule has 3 nitrogen and oxygen atoms in total. The fourth-order valence-electron chi connectivity index (χ4n) is 2.04. The van der Waals surface area contributed by atoms with Crippen LogP contribution in [0, 0.1) is 6.92 Å². The second-order valence-electron chi connectivity index (χ2n) is 5.05. The Balaban J connectivity index is 2.15. The van der Waals surface area contributed by atoms with Crippen LogP contribution in [0.3, 0.4) is 0 Å². The molecule has 3 heteroatoms. The van der Waals surface area contributed by atoms with Crippen LogP contribution in [0.4, 0.5) is 10.5 Å². The monoisotopic (exact) mass is 280 g/mol. The first-order chi connectivity index (χ1) is 10.0. The number of anilines is 1. The first-order valence-electron chi connectivity index (χ1n) is 6.83. The van der Waals surface area contributed by atoms with Gasteiger partial charge in [-0.25, -0.2) is 4.79 Å². The molecule has 0 saturated carbocycles. The highest BCUT2D eigenvalue weighted by Crippen LogP contribution is 2.20. The minimum Gasteiger partial charge on any atom is -0.297 e. The van der Waals surface area contributed by atoms with E-state index in [4.69, 9.17) is 0 Å². The molecule has 0 aliphatic carbocycles. The van der Waals surface area contributed by atoms with Gasteiger partial charge in [0.05, 0.1) is 0 Å². The van der Waals surface area contributed by atoms with Crippen molar-refractivity contribution in [1.82, 2.24) is 4.90 Å². The van der Waals surface area contributed by atoms with Gasteiger partial charge < -0.3 is 0 Å². The Hall–Kier alpha value is -2.55.